The molecule has 1 aliphatic heterocycles. The summed E-state index contributed by atoms with van der Waals surface area (Å²) >= 11 is 5.99. The molecule has 1 fully saturated rings. The molecule has 0 aliphatic carbocycles. The fourth-order valence-corrected chi connectivity index (χ4v) is 2.86. The maximum Gasteiger partial charge on any atom is 0.419 e. The van der Waals surface area contributed by atoms with Crippen LogP contribution in [0.2, 0.25) is 5.02 Å². The average molecular weight is 335 g/mol. The van der Waals surface area contributed by atoms with E-state index < -0.39 is 17.3 Å². The van der Waals surface area contributed by atoms with E-state index in [1.165, 1.54) is 0 Å². The van der Waals surface area contributed by atoms with Crippen LogP contribution in [0.4, 0.5) is 19.0 Å². The molecule has 2 N–H and O–H groups in total. The van der Waals surface area contributed by atoms with Crippen LogP contribution in [0.15, 0.2) is 12.3 Å². The summed E-state index contributed by atoms with van der Waals surface area (Å²) in [6, 6.07) is 3.22. The molecule has 1 aromatic rings. The van der Waals surface area contributed by atoms with E-state index >= 15 is 0 Å². The number of hydrogen-bond acceptors (Lipinski definition) is 2. The van der Waals surface area contributed by atoms with Gasteiger partial charge in [0.1, 0.15) is 43.5 Å². The second-order valence-electron chi connectivity index (χ2n) is 5.91. The standard InChI is InChI=1S/C14H16ClF3N4/c1-13(2,9-19)22-5-3-21(4-6-22)12-11(15)7-10(8-20-12)14(16,17)18/h7-8H,3-6H2,1-2H3/p+2. The van der Waals surface area contributed by atoms with E-state index in [1.807, 2.05) is 18.7 Å². The van der Waals surface area contributed by atoms with E-state index in [9.17, 15) is 13.2 Å². The zero-order valence-corrected chi connectivity index (χ0v) is 13.1. The Morgan fingerprint density at radius 1 is 1.32 bits per heavy atom. The number of hydrogen-bond donors (Lipinski definition) is 1. The fourth-order valence-electron chi connectivity index (χ4n) is 2.57. The van der Waals surface area contributed by atoms with Crippen molar-refractivity contribution in [3.63, 3.8) is 0 Å². The number of halogens is 4. The van der Waals surface area contributed by atoms with E-state index in [-0.39, 0.29) is 5.02 Å². The number of piperazine rings is 1. The van der Waals surface area contributed by atoms with E-state index in [2.05, 4.69) is 11.1 Å². The van der Waals surface area contributed by atoms with Crippen molar-refractivity contribution < 1.29 is 23.1 Å². The normalized spacial score (nSPS) is 17.4. The summed E-state index contributed by atoms with van der Waals surface area (Å²) in [5.74, 6) is 0.489. The predicted octanol–water partition coefficient (Wildman–Crippen LogP) is 1.18. The van der Waals surface area contributed by atoms with Crippen LogP contribution in [0.25, 0.3) is 0 Å². The smallest absolute Gasteiger partial charge is 0.312 e. The molecule has 0 amide bonds. The molecule has 0 unspecified atom stereocenters. The van der Waals surface area contributed by atoms with Gasteiger partial charge in [-0.1, -0.05) is 11.6 Å². The van der Waals surface area contributed by atoms with Crippen molar-refractivity contribution >= 4 is 17.4 Å². The van der Waals surface area contributed by atoms with Gasteiger partial charge < -0.3 is 4.90 Å². The topological polar surface area (TPSA) is 45.6 Å². The first-order valence-corrected chi connectivity index (χ1v) is 7.33. The molecule has 8 heteroatoms. The van der Waals surface area contributed by atoms with E-state index in [0.29, 0.717) is 18.9 Å². The maximum atomic E-state index is 12.6. The van der Waals surface area contributed by atoms with E-state index in [1.54, 1.807) is 0 Å². The largest absolute Gasteiger partial charge is 0.419 e. The first kappa shape index (κ1) is 16.8. The molecule has 0 saturated carbocycles. The number of aromatic amines is 1. The predicted molar refractivity (Wildman–Crippen MR) is 75.6 cm³/mol. The highest BCUT2D eigenvalue weighted by molar-refractivity contribution is 6.32. The van der Waals surface area contributed by atoms with Gasteiger partial charge in [0, 0.05) is 13.8 Å². The number of alkyl halides is 3. The Morgan fingerprint density at radius 2 is 1.91 bits per heavy atom. The van der Waals surface area contributed by atoms with Crippen molar-refractivity contribution in [1.82, 2.24) is 0 Å². The lowest BCUT2D eigenvalue weighted by Gasteiger charge is -2.35. The highest BCUT2D eigenvalue weighted by Gasteiger charge is 2.38. The molecule has 4 nitrogen and oxygen atoms in total. The summed E-state index contributed by atoms with van der Waals surface area (Å²) in [4.78, 5) is 5.73. The third-order valence-electron chi connectivity index (χ3n) is 4.05. The van der Waals surface area contributed by atoms with Gasteiger partial charge in [-0.25, -0.2) is 9.88 Å². The van der Waals surface area contributed by atoms with Crippen molar-refractivity contribution in [3.8, 4) is 6.07 Å². The molecule has 1 aliphatic rings. The van der Waals surface area contributed by atoms with Gasteiger partial charge in [0.25, 0.3) is 5.82 Å². The molecular weight excluding hydrogens is 317 g/mol. The van der Waals surface area contributed by atoms with Gasteiger partial charge in [0.15, 0.2) is 5.54 Å². The Labute approximate surface area is 132 Å². The van der Waals surface area contributed by atoms with E-state index in [4.69, 9.17) is 16.9 Å². The van der Waals surface area contributed by atoms with Crippen LogP contribution in [0.3, 0.4) is 0 Å². The fraction of sp³-hybridized carbons (Fsp3) is 0.571. The number of anilines is 1. The van der Waals surface area contributed by atoms with Crippen molar-refractivity contribution in [2.24, 2.45) is 0 Å². The van der Waals surface area contributed by atoms with Crippen LogP contribution in [-0.2, 0) is 6.18 Å². The van der Waals surface area contributed by atoms with Gasteiger partial charge in [-0.2, -0.15) is 18.4 Å². The third kappa shape index (κ3) is 3.45. The monoisotopic (exact) mass is 334 g/mol. The van der Waals surface area contributed by atoms with Crippen LogP contribution < -0.4 is 14.8 Å². The Balaban J connectivity index is 2.11. The van der Waals surface area contributed by atoms with Gasteiger partial charge in [0.2, 0.25) is 0 Å². The highest BCUT2D eigenvalue weighted by Crippen LogP contribution is 2.31. The molecule has 0 spiro atoms. The number of nitrogens with one attached hydrogen (secondary N) is 2. The summed E-state index contributed by atoms with van der Waals surface area (Å²) < 4.78 is 37.9. The molecular formula is C14H18ClF3N4+2. The van der Waals surface area contributed by atoms with Gasteiger partial charge in [-0.05, 0) is 6.07 Å². The van der Waals surface area contributed by atoms with Gasteiger partial charge in [0.05, 0.1) is 5.56 Å². The number of pyridine rings is 1. The SMILES string of the molecule is CC(C)(C#N)[NH+]1CCN(c2[nH+]cc(C(F)(F)F)cc2Cl)CC1. The lowest BCUT2D eigenvalue weighted by Crippen LogP contribution is -3.21. The zero-order valence-electron chi connectivity index (χ0n) is 12.4. The van der Waals surface area contributed by atoms with Crippen LogP contribution in [0, 0.1) is 11.3 Å². The second-order valence-corrected chi connectivity index (χ2v) is 6.32. The summed E-state index contributed by atoms with van der Waals surface area (Å²) in [6.45, 7) is 6.48. The van der Waals surface area contributed by atoms with Crippen molar-refractivity contribution in [1.29, 1.82) is 5.26 Å². The van der Waals surface area contributed by atoms with Crippen LogP contribution in [0.1, 0.15) is 19.4 Å². The Bertz CT molecular complexity index is 587. The second kappa shape index (κ2) is 5.94. The van der Waals surface area contributed by atoms with Crippen molar-refractivity contribution in [2.75, 3.05) is 31.1 Å². The minimum Gasteiger partial charge on any atom is -0.312 e. The maximum absolute atomic E-state index is 12.6. The van der Waals surface area contributed by atoms with Gasteiger partial charge >= 0.3 is 6.18 Å². The average Bonchev–Trinajstić information content (AvgIpc) is 2.46. The van der Waals surface area contributed by atoms with Gasteiger partial charge in [-0.3, -0.25) is 0 Å². The van der Waals surface area contributed by atoms with Crippen molar-refractivity contribution in [2.45, 2.75) is 25.6 Å². The summed E-state index contributed by atoms with van der Waals surface area (Å²) in [5, 5.41) is 9.22. The molecule has 0 bridgehead atoms. The Hall–Kier alpha value is -1.52. The van der Waals surface area contributed by atoms with Crippen LogP contribution >= 0.6 is 11.6 Å². The van der Waals surface area contributed by atoms with Crippen LogP contribution in [0.5, 0.6) is 0 Å². The first-order chi connectivity index (χ1) is 10.1. The third-order valence-corrected chi connectivity index (χ3v) is 4.33. The summed E-state index contributed by atoms with van der Waals surface area (Å²) in [5.41, 5.74) is -1.27. The molecule has 120 valence electrons. The lowest BCUT2D eigenvalue weighted by atomic mass is 10.0. The molecule has 1 saturated heterocycles. The molecule has 0 atom stereocenters. The summed E-state index contributed by atoms with van der Waals surface area (Å²) in [6.07, 6.45) is -3.49. The summed E-state index contributed by atoms with van der Waals surface area (Å²) in [7, 11) is 0. The minimum absolute atomic E-state index is 0.0535. The van der Waals surface area contributed by atoms with E-state index in [0.717, 1.165) is 30.3 Å². The number of nitrogens with zero attached hydrogens (tertiary/aromatic N) is 2. The number of aromatic nitrogens is 1. The number of nitriles is 1. The molecule has 22 heavy (non-hydrogen) atoms. The number of quaternary nitrogens is 1. The quantitative estimate of drug-likeness (QED) is 0.883. The Morgan fingerprint density at radius 3 is 2.36 bits per heavy atom. The molecule has 0 aromatic carbocycles. The van der Waals surface area contributed by atoms with Crippen molar-refractivity contribution in [3.05, 3.63) is 22.8 Å². The van der Waals surface area contributed by atoms with Gasteiger partial charge in [-0.15, -0.1) is 0 Å². The molecule has 2 heterocycles. The highest BCUT2D eigenvalue weighted by atomic mass is 35.5. The molecule has 0 radical (unpaired) electrons. The number of rotatable bonds is 2. The Kier molecular flexibility index (Phi) is 4.54. The molecule has 1 aromatic heterocycles. The zero-order chi connectivity index (χ0) is 16.5. The number of H-pyrrole nitrogens is 1. The molecule has 2 rings (SSSR count). The van der Waals surface area contributed by atoms with Crippen LogP contribution in [-0.4, -0.2) is 31.7 Å². The minimum atomic E-state index is -4.42. The lowest BCUT2D eigenvalue weighted by molar-refractivity contribution is -0.940. The first-order valence-electron chi connectivity index (χ1n) is 6.95.